The predicted octanol–water partition coefficient (Wildman–Crippen LogP) is 2.50. The van der Waals surface area contributed by atoms with E-state index in [9.17, 15) is 10.1 Å². The number of rotatable bonds is 4. The SMILES string of the molecule is CC(N)C(C)Nc1ccc(Br)cc1[N+](=O)[O-]. The molecule has 0 spiro atoms. The van der Waals surface area contributed by atoms with Gasteiger partial charge in [0.1, 0.15) is 5.69 Å². The number of nitrogens with zero attached hydrogens (tertiary/aromatic N) is 1. The maximum Gasteiger partial charge on any atom is 0.293 e. The van der Waals surface area contributed by atoms with Crippen LogP contribution in [0.1, 0.15) is 13.8 Å². The summed E-state index contributed by atoms with van der Waals surface area (Å²) in [6.45, 7) is 3.73. The van der Waals surface area contributed by atoms with E-state index in [2.05, 4.69) is 21.2 Å². The Bertz CT molecular complexity index is 396. The summed E-state index contributed by atoms with van der Waals surface area (Å²) in [4.78, 5) is 10.4. The number of nitro benzene ring substituents is 1. The molecule has 0 aromatic heterocycles. The summed E-state index contributed by atoms with van der Waals surface area (Å²) in [5, 5.41) is 13.9. The van der Waals surface area contributed by atoms with Gasteiger partial charge < -0.3 is 11.1 Å². The van der Waals surface area contributed by atoms with E-state index in [0.717, 1.165) is 0 Å². The summed E-state index contributed by atoms with van der Waals surface area (Å²) in [5.41, 5.74) is 6.23. The van der Waals surface area contributed by atoms with Crippen molar-refractivity contribution < 1.29 is 4.92 Å². The summed E-state index contributed by atoms with van der Waals surface area (Å²) >= 11 is 3.20. The second-order valence-electron chi connectivity index (χ2n) is 3.71. The van der Waals surface area contributed by atoms with Crippen molar-refractivity contribution in [3.63, 3.8) is 0 Å². The molecule has 0 radical (unpaired) electrons. The van der Waals surface area contributed by atoms with Crippen LogP contribution in [0.2, 0.25) is 0 Å². The molecule has 5 nitrogen and oxygen atoms in total. The lowest BCUT2D eigenvalue weighted by atomic mass is 10.1. The van der Waals surface area contributed by atoms with Crippen molar-refractivity contribution in [1.82, 2.24) is 0 Å². The Kier molecular flexibility index (Phi) is 4.26. The molecule has 1 aromatic carbocycles. The van der Waals surface area contributed by atoms with Gasteiger partial charge in [-0.3, -0.25) is 10.1 Å². The number of nitro groups is 1. The first-order valence-corrected chi connectivity index (χ1v) is 5.67. The maximum atomic E-state index is 10.8. The fourth-order valence-electron chi connectivity index (χ4n) is 1.15. The van der Waals surface area contributed by atoms with E-state index >= 15 is 0 Å². The molecular formula is C10H14BrN3O2. The zero-order valence-electron chi connectivity index (χ0n) is 9.11. The van der Waals surface area contributed by atoms with Crippen molar-refractivity contribution in [3.8, 4) is 0 Å². The van der Waals surface area contributed by atoms with Crippen LogP contribution < -0.4 is 11.1 Å². The van der Waals surface area contributed by atoms with E-state index in [-0.39, 0.29) is 17.8 Å². The van der Waals surface area contributed by atoms with Gasteiger partial charge in [-0.25, -0.2) is 0 Å². The summed E-state index contributed by atoms with van der Waals surface area (Å²) < 4.78 is 0.679. The first-order valence-electron chi connectivity index (χ1n) is 4.88. The minimum atomic E-state index is -0.416. The molecule has 0 saturated heterocycles. The quantitative estimate of drug-likeness (QED) is 0.659. The molecule has 6 heteroatoms. The van der Waals surface area contributed by atoms with Crippen LogP contribution in [0.4, 0.5) is 11.4 Å². The van der Waals surface area contributed by atoms with Gasteiger partial charge in [-0.05, 0) is 26.0 Å². The van der Waals surface area contributed by atoms with Gasteiger partial charge in [0.25, 0.3) is 5.69 Å². The fraction of sp³-hybridized carbons (Fsp3) is 0.400. The number of halogens is 1. The van der Waals surface area contributed by atoms with E-state index in [4.69, 9.17) is 5.73 Å². The Labute approximate surface area is 102 Å². The van der Waals surface area contributed by atoms with Crippen LogP contribution >= 0.6 is 15.9 Å². The molecule has 0 fully saturated rings. The van der Waals surface area contributed by atoms with Crippen LogP contribution in [0.25, 0.3) is 0 Å². The molecule has 2 unspecified atom stereocenters. The molecule has 0 aliphatic rings. The lowest BCUT2D eigenvalue weighted by Gasteiger charge is -2.18. The monoisotopic (exact) mass is 287 g/mol. The third kappa shape index (κ3) is 3.18. The number of hydrogen-bond acceptors (Lipinski definition) is 4. The lowest BCUT2D eigenvalue weighted by Crippen LogP contribution is -2.35. The van der Waals surface area contributed by atoms with Crippen molar-refractivity contribution in [1.29, 1.82) is 0 Å². The molecule has 1 rings (SSSR count). The molecule has 16 heavy (non-hydrogen) atoms. The molecule has 0 heterocycles. The maximum absolute atomic E-state index is 10.8. The van der Waals surface area contributed by atoms with Gasteiger partial charge in [0.15, 0.2) is 0 Å². The molecule has 0 amide bonds. The van der Waals surface area contributed by atoms with E-state index in [1.165, 1.54) is 6.07 Å². The van der Waals surface area contributed by atoms with Gasteiger partial charge in [0.05, 0.1) is 4.92 Å². The topological polar surface area (TPSA) is 81.2 Å². The Morgan fingerprint density at radius 2 is 2.12 bits per heavy atom. The van der Waals surface area contributed by atoms with Gasteiger partial charge in [-0.1, -0.05) is 15.9 Å². The molecule has 88 valence electrons. The fourth-order valence-corrected chi connectivity index (χ4v) is 1.50. The Morgan fingerprint density at radius 3 is 2.62 bits per heavy atom. The molecule has 3 N–H and O–H groups in total. The molecule has 0 bridgehead atoms. The van der Waals surface area contributed by atoms with Crippen LogP contribution in [0.15, 0.2) is 22.7 Å². The average Bonchev–Trinajstić information content (AvgIpc) is 2.20. The Morgan fingerprint density at radius 1 is 1.50 bits per heavy atom. The van der Waals surface area contributed by atoms with Crippen molar-refractivity contribution in [2.75, 3.05) is 5.32 Å². The summed E-state index contributed by atoms with van der Waals surface area (Å²) in [6, 6.07) is 4.78. The van der Waals surface area contributed by atoms with Crippen LogP contribution in [0.5, 0.6) is 0 Å². The molecular weight excluding hydrogens is 274 g/mol. The zero-order valence-corrected chi connectivity index (χ0v) is 10.7. The van der Waals surface area contributed by atoms with Crippen molar-refractivity contribution in [2.45, 2.75) is 25.9 Å². The number of hydrogen-bond donors (Lipinski definition) is 2. The molecule has 1 aromatic rings. The zero-order chi connectivity index (χ0) is 12.3. The minimum Gasteiger partial charge on any atom is -0.375 e. The van der Waals surface area contributed by atoms with Crippen LogP contribution in [-0.4, -0.2) is 17.0 Å². The second kappa shape index (κ2) is 5.27. The van der Waals surface area contributed by atoms with E-state index in [1.807, 2.05) is 13.8 Å². The summed E-state index contributed by atoms with van der Waals surface area (Å²) in [7, 11) is 0. The molecule has 0 saturated carbocycles. The highest BCUT2D eigenvalue weighted by Gasteiger charge is 2.16. The highest BCUT2D eigenvalue weighted by molar-refractivity contribution is 9.10. The van der Waals surface area contributed by atoms with Crippen molar-refractivity contribution in [2.24, 2.45) is 5.73 Å². The second-order valence-corrected chi connectivity index (χ2v) is 4.63. The van der Waals surface area contributed by atoms with Gasteiger partial charge in [0, 0.05) is 22.6 Å². The lowest BCUT2D eigenvalue weighted by molar-refractivity contribution is -0.384. The number of nitrogens with two attached hydrogens (primary N) is 1. The van der Waals surface area contributed by atoms with Gasteiger partial charge in [0.2, 0.25) is 0 Å². The Balaban J connectivity index is 2.99. The number of anilines is 1. The number of benzene rings is 1. The predicted molar refractivity (Wildman–Crippen MR) is 67.5 cm³/mol. The van der Waals surface area contributed by atoms with Crippen LogP contribution in [0.3, 0.4) is 0 Å². The van der Waals surface area contributed by atoms with Crippen LogP contribution in [-0.2, 0) is 0 Å². The molecule has 0 aliphatic heterocycles. The summed E-state index contributed by atoms with van der Waals surface area (Å²) in [5.74, 6) is 0. The van der Waals surface area contributed by atoms with Gasteiger partial charge in [-0.2, -0.15) is 0 Å². The highest BCUT2D eigenvalue weighted by atomic mass is 79.9. The Hall–Kier alpha value is -1.14. The number of nitrogens with one attached hydrogen (secondary N) is 1. The van der Waals surface area contributed by atoms with Gasteiger partial charge in [-0.15, -0.1) is 0 Å². The highest BCUT2D eigenvalue weighted by Crippen LogP contribution is 2.28. The van der Waals surface area contributed by atoms with E-state index in [1.54, 1.807) is 12.1 Å². The average molecular weight is 288 g/mol. The van der Waals surface area contributed by atoms with Crippen molar-refractivity contribution in [3.05, 3.63) is 32.8 Å². The normalized spacial score (nSPS) is 14.2. The third-order valence-corrected chi connectivity index (χ3v) is 2.82. The largest absolute Gasteiger partial charge is 0.375 e. The smallest absolute Gasteiger partial charge is 0.293 e. The first-order chi connectivity index (χ1) is 7.41. The van der Waals surface area contributed by atoms with E-state index in [0.29, 0.717) is 10.2 Å². The molecule has 0 aliphatic carbocycles. The van der Waals surface area contributed by atoms with Gasteiger partial charge >= 0.3 is 0 Å². The first kappa shape index (κ1) is 12.9. The minimum absolute atomic E-state index is 0.0279. The van der Waals surface area contributed by atoms with Crippen molar-refractivity contribution >= 4 is 27.3 Å². The third-order valence-electron chi connectivity index (χ3n) is 2.33. The van der Waals surface area contributed by atoms with E-state index < -0.39 is 4.92 Å². The molecule has 2 atom stereocenters. The standard InChI is InChI=1S/C10H14BrN3O2/c1-6(12)7(2)13-9-4-3-8(11)5-10(9)14(15)16/h3-7,13H,12H2,1-2H3. The summed E-state index contributed by atoms with van der Waals surface area (Å²) in [6.07, 6.45) is 0. The van der Waals surface area contributed by atoms with Crippen LogP contribution in [0, 0.1) is 10.1 Å².